The maximum Gasteiger partial charge on any atom is 0.131 e. The molecular formula is C14H15ClN2S. The second-order valence-corrected chi connectivity index (χ2v) is 5.93. The maximum atomic E-state index is 5.84. The van der Waals surface area contributed by atoms with Gasteiger partial charge in [-0.2, -0.15) is 0 Å². The molecule has 0 saturated heterocycles. The molecule has 0 atom stereocenters. The Labute approximate surface area is 116 Å². The molecule has 94 valence electrons. The highest BCUT2D eigenvalue weighted by atomic mass is 35.5. The lowest BCUT2D eigenvalue weighted by Crippen LogP contribution is -2.30. The summed E-state index contributed by atoms with van der Waals surface area (Å²) in [5, 5.41) is 2.19. The average Bonchev–Trinajstić information content (AvgIpc) is 2.85. The summed E-state index contributed by atoms with van der Waals surface area (Å²) in [6.45, 7) is 4.15. The van der Waals surface area contributed by atoms with Gasteiger partial charge in [-0.25, -0.2) is 4.98 Å². The van der Waals surface area contributed by atoms with Crippen molar-refractivity contribution in [3.8, 4) is 0 Å². The zero-order chi connectivity index (χ0) is 12.5. The number of pyridine rings is 1. The number of aryl methyl sites for hydroxylation is 1. The number of anilines is 1. The van der Waals surface area contributed by atoms with Gasteiger partial charge in [-0.15, -0.1) is 22.9 Å². The Kier molecular flexibility index (Phi) is 3.27. The number of fused-ring (bicyclic) bond motifs is 1. The maximum absolute atomic E-state index is 5.84. The van der Waals surface area contributed by atoms with Crippen LogP contribution < -0.4 is 4.90 Å². The van der Waals surface area contributed by atoms with Crippen LogP contribution in [-0.4, -0.2) is 11.5 Å². The predicted octanol–water partition coefficient (Wildman–Crippen LogP) is 3.75. The van der Waals surface area contributed by atoms with E-state index in [0.29, 0.717) is 5.88 Å². The smallest absolute Gasteiger partial charge is 0.131 e. The van der Waals surface area contributed by atoms with Crippen LogP contribution in [0.2, 0.25) is 0 Å². The average molecular weight is 279 g/mol. The molecule has 4 heteroatoms. The normalized spacial score (nSPS) is 14.7. The van der Waals surface area contributed by atoms with Gasteiger partial charge < -0.3 is 4.90 Å². The van der Waals surface area contributed by atoms with E-state index >= 15 is 0 Å². The van der Waals surface area contributed by atoms with Crippen LogP contribution in [0, 0.1) is 6.92 Å². The van der Waals surface area contributed by atoms with Gasteiger partial charge in [0.1, 0.15) is 5.82 Å². The number of alkyl halides is 1. The standard InChI is InChI=1S/C14H15ClN2S/c1-10-6-11(7-15)8-16-14(10)17-4-2-13-12(9-17)3-5-18-13/h3,5-6,8H,2,4,7,9H2,1H3. The predicted molar refractivity (Wildman–Crippen MR) is 77.6 cm³/mol. The monoisotopic (exact) mass is 278 g/mol. The minimum absolute atomic E-state index is 0.531. The molecule has 3 rings (SSSR count). The Morgan fingerprint density at radius 2 is 2.39 bits per heavy atom. The third kappa shape index (κ3) is 2.13. The molecule has 2 nitrogen and oxygen atoms in total. The summed E-state index contributed by atoms with van der Waals surface area (Å²) in [7, 11) is 0. The number of nitrogens with zero attached hydrogens (tertiary/aromatic N) is 2. The number of rotatable bonds is 2. The summed E-state index contributed by atoms with van der Waals surface area (Å²) in [5.41, 5.74) is 3.76. The highest BCUT2D eigenvalue weighted by Gasteiger charge is 2.19. The summed E-state index contributed by atoms with van der Waals surface area (Å²) in [4.78, 5) is 8.47. The van der Waals surface area contributed by atoms with Crippen molar-refractivity contribution >= 4 is 28.8 Å². The fourth-order valence-corrected chi connectivity index (χ4v) is 3.50. The van der Waals surface area contributed by atoms with Crippen LogP contribution in [0.4, 0.5) is 5.82 Å². The SMILES string of the molecule is Cc1cc(CCl)cnc1N1CCc2sccc2C1. The van der Waals surface area contributed by atoms with Crippen LogP contribution in [0.3, 0.4) is 0 Å². The molecule has 2 aromatic rings. The molecule has 0 unspecified atom stereocenters. The van der Waals surface area contributed by atoms with Gasteiger partial charge in [-0.3, -0.25) is 0 Å². The molecule has 18 heavy (non-hydrogen) atoms. The van der Waals surface area contributed by atoms with Gasteiger partial charge in [0.05, 0.1) is 0 Å². The Bertz CT molecular complexity index is 565. The van der Waals surface area contributed by atoms with Crippen LogP contribution in [0.1, 0.15) is 21.6 Å². The first-order chi connectivity index (χ1) is 8.78. The van der Waals surface area contributed by atoms with Gasteiger partial charge in [-0.05, 0) is 47.5 Å². The molecule has 0 aromatic carbocycles. The first kappa shape index (κ1) is 12.0. The molecular weight excluding hydrogens is 264 g/mol. The number of thiophene rings is 1. The quantitative estimate of drug-likeness (QED) is 0.778. The van der Waals surface area contributed by atoms with E-state index in [1.54, 1.807) is 0 Å². The van der Waals surface area contributed by atoms with Gasteiger partial charge in [-0.1, -0.05) is 0 Å². The van der Waals surface area contributed by atoms with Crippen molar-refractivity contribution in [2.24, 2.45) is 0 Å². The van der Waals surface area contributed by atoms with Crippen molar-refractivity contribution in [1.29, 1.82) is 0 Å². The fourth-order valence-electron chi connectivity index (χ4n) is 2.46. The van der Waals surface area contributed by atoms with Crippen molar-refractivity contribution < 1.29 is 0 Å². The van der Waals surface area contributed by atoms with Crippen molar-refractivity contribution in [2.75, 3.05) is 11.4 Å². The topological polar surface area (TPSA) is 16.1 Å². The number of hydrogen-bond acceptors (Lipinski definition) is 3. The van der Waals surface area contributed by atoms with Crippen LogP contribution in [0.25, 0.3) is 0 Å². The molecule has 0 aliphatic carbocycles. The molecule has 0 N–H and O–H groups in total. The largest absolute Gasteiger partial charge is 0.352 e. The highest BCUT2D eigenvalue weighted by molar-refractivity contribution is 7.10. The van der Waals surface area contributed by atoms with Crippen molar-refractivity contribution in [1.82, 2.24) is 4.98 Å². The summed E-state index contributed by atoms with van der Waals surface area (Å²) in [5.74, 6) is 1.63. The lowest BCUT2D eigenvalue weighted by molar-refractivity contribution is 0.728. The van der Waals surface area contributed by atoms with Crippen LogP contribution in [0.15, 0.2) is 23.7 Å². The van der Waals surface area contributed by atoms with E-state index in [9.17, 15) is 0 Å². The lowest BCUT2D eigenvalue weighted by atomic mass is 10.1. The molecule has 0 radical (unpaired) electrons. The molecule has 1 aliphatic rings. The second kappa shape index (κ2) is 4.90. The zero-order valence-corrected chi connectivity index (χ0v) is 11.9. The number of hydrogen-bond donors (Lipinski definition) is 0. The van der Waals surface area contributed by atoms with Gasteiger partial charge in [0.15, 0.2) is 0 Å². The fraction of sp³-hybridized carbons (Fsp3) is 0.357. The van der Waals surface area contributed by atoms with Gasteiger partial charge in [0.2, 0.25) is 0 Å². The molecule has 3 heterocycles. The third-order valence-electron chi connectivity index (χ3n) is 3.37. The third-order valence-corrected chi connectivity index (χ3v) is 4.70. The number of halogens is 1. The van der Waals surface area contributed by atoms with Gasteiger partial charge >= 0.3 is 0 Å². The molecule has 0 amide bonds. The van der Waals surface area contributed by atoms with E-state index in [2.05, 4.69) is 34.3 Å². The van der Waals surface area contributed by atoms with Gasteiger partial charge in [0.25, 0.3) is 0 Å². The van der Waals surface area contributed by atoms with E-state index < -0.39 is 0 Å². The van der Waals surface area contributed by atoms with Crippen LogP contribution >= 0.6 is 22.9 Å². The van der Waals surface area contributed by atoms with Crippen LogP contribution in [-0.2, 0) is 18.8 Å². The van der Waals surface area contributed by atoms with E-state index in [1.165, 1.54) is 16.0 Å². The minimum Gasteiger partial charge on any atom is -0.352 e. The summed E-state index contributed by atoms with van der Waals surface area (Å²) in [6, 6.07) is 4.37. The molecule has 1 aliphatic heterocycles. The molecule has 0 bridgehead atoms. The molecule has 0 fully saturated rings. The Morgan fingerprint density at radius 3 is 3.17 bits per heavy atom. The van der Waals surface area contributed by atoms with Crippen molar-refractivity contribution in [2.45, 2.75) is 25.8 Å². The molecule has 0 spiro atoms. The zero-order valence-electron chi connectivity index (χ0n) is 10.3. The first-order valence-corrected chi connectivity index (χ1v) is 7.51. The first-order valence-electron chi connectivity index (χ1n) is 6.09. The van der Waals surface area contributed by atoms with Gasteiger partial charge in [0, 0.05) is 30.0 Å². The van der Waals surface area contributed by atoms with Crippen LogP contribution in [0.5, 0.6) is 0 Å². The Morgan fingerprint density at radius 1 is 1.50 bits per heavy atom. The molecule has 0 saturated carbocycles. The van der Waals surface area contributed by atoms with E-state index in [1.807, 2.05) is 17.5 Å². The van der Waals surface area contributed by atoms with Crippen molar-refractivity contribution in [3.05, 3.63) is 45.3 Å². The van der Waals surface area contributed by atoms with E-state index in [-0.39, 0.29) is 0 Å². The lowest BCUT2D eigenvalue weighted by Gasteiger charge is -2.29. The highest BCUT2D eigenvalue weighted by Crippen LogP contribution is 2.28. The van der Waals surface area contributed by atoms with E-state index in [0.717, 1.165) is 30.9 Å². The summed E-state index contributed by atoms with van der Waals surface area (Å²) in [6.07, 6.45) is 3.02. The minimum atomic E-state index is 0.531. The Balaban J connectivity index is 1.88. The Hall–Kier alpha value is -1.06. The van der Waals surface area contributed by atoms with E-state index in [4.69, 9.17) is 11.6 Å². The molecule has 2 aromatic heterocycles. The summed E-state index contributed by atoms with van der Waals surface area (Å²) < 4.78 is 0. The van der Waals surface area contributed by atoms with Crippen molar-refractivity contribution in [3.63, 3.8) is 0 Å². The summed E-state index contributed by atoms with van der Waals surface area (Å²) >= 11 is 7.71. The number of aromatic nitrogens is 1. The second-order valence-electron chi connectivity index (χ2n) is 4.66.